The van der Waals surface area contributed by atoms with Gasteiger partial charge in [0.2, 0.25) is 5.91 Å². The number of carbonyl (C=O) groups excluding carboxylic acids is 1. The minimum absolute atomic E-state index is 0.0398. The van der Waals surface area contributed by atoms with Gasteiger partial charge in [-0.1, -0.05) is 35.8 Å². The van der Waals surface area contributed by atoms with E-state index in [0.29, 0.717) is 5.92 Å². The van der Waals surface area contributed by atoms with Gasteiger partial charge in [0.25, 0.3) is 0 Å². The fraction of sp³-hybridized carbons (Fsp3) is 0.500. The van der Waals surface area contributed by atoms with Crippen LogP contribution in [0.25, 0.3) is 0 Å². The minimum Gasteiger partial charge on any atom is -0.325 e. The van der Waals surface area contributed by atoms with Gasteiger partial charge in [0, 0.05) is 5.69 Å². The lowest BCUT2D eigenvalue weighted by Gasteiger charge is -2.14. The summed E-state index contributed by atoms with van der Waals surface area (Å²) in [7, 11) is 0. The summed E-state index contributed by atoms with van der Waals surface area (Å²) in [5.74, 6) is 0.336. The van der Waals surface area contributed by atoms with Crippen LogP contribution in [0.5, 0.6) is 0 Å². The predicted molar refractivity (Wildman–Crippen MR) is 74.6 cm³/mol. The standard InChI is InChI=1S/C14H18BrNO/c1-9(2)13(15)14(17)16-12-7-6-10-4-3-5-11(10)8-12/h6-9,13H,3-5H2,1-2H3,(H,16,17). The van der Waals surface area contributed by atoms with Crippen LogP contribution in [0.2, 0.25) is 0 Å². The first-order valence-corrected chi connectivity index (χ1v) is 7.06. The molecule has 1 aliphatic rings. The number of hydrogen-bond donors (Lipinski definition) is 1. The molecule has 0 saturated carbocycles. The van der Waals surface area contributed by atoms with Crippen LogP contribution < -0.4 is 5.32 Å². The Hall–Kier alpha value is -0.830. The van der Waals surface area contributed by atoms with Crippen LogP contribution in [0.1, 0.15) is 31.4 Å². The van der Waals surface area contributed by atoms with Crippen molar-refractivity contribution >= 4 is 27.5 Å². The van der Waals surface area contributed by atoms with Gasteiger partial charge in [-0.2, -0.15) is 0 Å². The molecule has 17 heavy (non-hydrogen) atoms. The maximum Gasteiger partial charge on any atom is 0.238 e. The average molecular weight is 296 g/mol. The number of anilines is 1. The Morgan fingerprint density at radius 3 is 2.71 bits per heavy atom. The van der Waals surface area contributed by atoms with Gasteiger partial charge in [0.05, 0.1) is 4.83 Å². The number of carbonyl (C=O) groups is 1. The van der Waals surface area contributed by atoms with Gasteiger partial charge in [-0.25, -0.2) is 0 Å². The fourth-order valence-electron chi connectivity index (χ4n) is 2.16. The maximum absolute atomic E-state index is 11.9. The summed E-state index contributed by atoms with van der Waals surface area (Å²) >= 11 is 3.42. The monoisotopic (exact) mass is 295 g/mol. The highest BCUT2D eigenvalue weighted by Crippen LogP contribution is 2.25. The number of halogens is 1. The van der Waals surface area contributed by atoms with E-state index in [2.05, 4.69) is 33.4 Å². The molecule has 0 radical (unpaired) electrons. The zero-order valence-electron chi connectivity index (χ0n) is 10.3. The maximum atomic E-state index is 11.9. The van der Waals surface area contributed by atoms with E-state index in [9.17, 15) is 4.79 Å². The molecule has 92 valence electrons. The van der Waals surface area contributed by atoms with Crippen molar-refractivity contribution in [2.75, 3.05) is 5.32 Å². The van der Waals surface area contributed by atoms with Crippen LogP contribution in [-0.2, 0) is 17.6 Å². The molecule has 1 aliphatic carbocycles. The number of hydrogen-bond acceptors (Lipinski definition) is 1. The van der Waals surface area contributed by atoms with Crippen LogP contribution >= 0.6 is 15.9 Å². The van der Waals surface area contributed by atoms with E-state index in [4.69, 9.17) is 0 Å². The average Bonchev–Trinajstić information content (AvgIpc) is 2.74. The lowest BCUT2D eigenvalue weighted by Crippen LogP contribution is -2.27. The Bertz CT molecular complexity index is 428. The smallest absolute Gasteiger partial charge is 0.238 e. The number of alkyl halides is 1. The van der Waals surface area contributed by atoms with Crippen LogP contribution in [0, 0.1) is 5.92 Å². The van der Waals surface area contributed by atoms with Crippen molar-refractivity contribution in [1.29, 1.82) is 0 Å². The summed E-state index contributed by atoms with van der Waals surface area (Å²) in [5, 5.41) is 2.97. The van der Waals surface area contributed by atoms with E-state index in [-0.39, 0.29) is 10.7 Å². The van der Waals surface area contributed by atoms with Crippen molar-refractivity contribution in [1.82, 2.24) is 0 Å². The highest BCUT2D eigenvalue weighted by molar-refractivity contribution is 9.10. The first-order valence-electron chi connectivity index (χ1n) is 6.14. The lowest BCUT2D eigenvalue weighted by molar-refractivity contribution is -0.116. The molecule has 1 amide bonds. The fourth-order valence-corrected chi connectivity index (χ4v) is 2.28. The number of rotatable bonds is 3. The molecule has 0 fully saturated rings. The topological polar surface area (TPSA) is 29.1 Å². The first-order chi connectivity index (χ1) is 8.08. The van der Waals surface area contributed by atoms with Crippen molar-refractivity contribution in [3.63, 3.8) is 0 Å². The number of aryl methyl sites for hydroxylation is 2. The summed E-state index contributed by atoms with van der Waals surface area (Å²) in [4.78, 5) is 11.8. The van der Waals surface area contributed by atoms with Gasteiger partial charge in [0.1, 0.15) is 0 Å². The Balaban J connectivity index is 2.07. The third kappa shape index (κ3) is 2.89. The molecule has 3 heteroatoms. The molecule has 0 heterocycles. The summed E-state index contributed by atoms with van der Waals surface area (Å²) in [6.45, 7) is 4.06. The second-order valence-electron chi connectivity index (χ2n) is 4.97. The largest absolute Gasteiger partial charge is 0.325 e. The molecule has 2 nitrogen and oxygen atoms in total. The highest BCUT2D eigenvalue weighted by Gasteiger charge is 2.19. The van der Waals surface area contributed by atoms with E-state index in [1.807, 2.05) is 19.9 Å². The molecule has 1 aromatic rings. The van der Waals surface area contributed by atoms with Gasteiger partial charge < -0.3 is 5.32 Å². The quantitative estimate of drug-likeness (QED) is 0.849. The molecule has 0 spiro atoms. The molecule has 1 aromatic carbocycles. The van der Waals surface area contributed by atoms with Crippen molar-refractivity contribution < 1.29 is 4.79 Å². The van der Waals surface area contributed by atoms with E-state index in [1.165, 1.54) is 24.0 Å². The Labute approximate surface area is 111 Å². The van der Waals surface area contributed by atoms with Crippen molar-refractivity contribution in [3.05, 3.63) is 29.3 Å². The minimum atomic E-state index is -0.129. The number of benzene rings is 1. The predicted octanol–water partition coefficient (Wildman–Crippen LogP) is 3.53. The summed E-state index contributed by atoms with van der Waals surface area (Å²) in [6.07, 6.45) is 3.55. The van der Waals surface area contributed by atoms with E-state index >= 15 is 0 Å². The Morgan fingerprint density at radius 2 is 2.00 bits per heavy atom. The number of fused-ring (bicyclic) bond motifs is 1. The normalized spacial score (nSPS) is 15.8. The molecule has 0 aliphatic heterocycles. The van der Waals surface area contributed by atoms with E-state index in [1.54, 1.807) is 0 Å². The Morgan fingerprint density at radius 1 is 1.29 bits per heavy atom. The molecule has 1 atom stereocenters. The number of nitrogens with one attached hydrogen (secondary N) is 1. The van der Waals surface area contributed by atoms with E-state index in [0.717, 1.165) is 12.1 Å². The highest BCUT2D eigenvalue weighted by atomic mass is 79.9. The Kier molecular flexibility index (Phi) is 3.87. The van der Waals surface area contributed by atoms with Gasteiger partial charge in [0.15, 0.2) is 0 Å². The van der Waals surface area contributed by atoms with Crippen LogP contribution in [-0.4, -0.2) is 10.7 Å². The zero-order chi connectivity index (χ0) is 12.4. The molecule has 0 aromatic heterocycles. The molecular formula is C14H18BrNO. The van der Waals surface area contributed by atoms with Crippen molar-refractivity contribution in [3.8, 4) is 0 Å². The molecule has 0 saturated heterocycles. The van der Waals surface area contributed by atoms with Gasteiger partial charge >= 0.3 is 0 Å². The van der Waals surface area contributed by atoms with Crippen LogP contribution in [0.4, 0.5) is 5.69 Å². The number of amides is 1. The zero-order valence-corrected chi connectivity index (χ0v) is 11.9. The first kappa shape index (κ1) is 12.6. The molecule has 2 rings (SSSR count). The third-order valence-corrected chi connectivity index (χ3v) is 4.67. The third-order valence-electron chi connectivity index (χ3n) is 3.20. The molecule has 0 bridgehead atoms. The van der Waals surface area contributed by atoms with Gasteiger partial charge in [-0.05, 0) is 48.4 Å². The van der Waals surface area contributed by atoms with Gasteiger partial charge in [-0.15, -0.1) is 0 Å². The van der Waals surface area contributed by atoms with Crippen LogP contribution in [0.3, 0.4) is 0 Å². The van der Waals surface area contributed by atoms with Gasteiger partial charge in [-0.3, -0.25) is 4.79 Å². The second-order valence-corrected chi connectivity index (χ2v) is 5.96. The van der Waals surface area contributed by atoms with Crippen molar-refractivity contribution in [2.24, 2.45) is 5.92 Å². The summed E-state index contributed by atoms with van der Waals surface area (Å²) < 4.78 is 0. The van der Waals surface area contributed by atoms with E-state index < -0.39 is 0 Å². The molecule has 1 unspecified atom stereocenters. The second kappa shape index (κ2) is 5.21. The van der Waals surface area contributed by atoms with Crippen molar-refractivity contribution in [2.45, 2.75) is 37.9 Å². The summed E-state index contributed by atoms with van der Waals surface area (Å²) in [6, 6.07) is 6.25. The molecule has 1 N–H and O–H groups in total. The van der Waals surface area contributed by atoms with Crippen LogP contribution in [0.15, 0.2) is 18.2 Å². The summed E-state index contributed by atoms with van der Waals surface area (Å²) in [5.41, 5.74) is 3.74. The molecular weight excluding hydrogens is 278 g/mol. The SMILES string of the molecule is CC(C)C(Br)C(=O)Nc1ccc2c(c1)CCC2. The lowest BCUT2D eigenvalue weighted by atomic mass is 10.1.